The van der Waals surface area contributed by atoms with Crippen molar-refractivity contribution in [2.45, 2.75) is 63.8 Å². The highest BCUT2D eigenvalue weighted by molar-refractivity contribution is 7.98. The second kappa shape index (κ2) is 9.63. The molecule has 2 aromatic rings. The van der Waals surface area contributed by atoms with E-state index >= 15 is 0 Å². The summed E-state index contributed by atoms with van der Waals surface area (Å²) in [6, 6.07) is 3.97. The number of thioether (sulfide) groups is 1. The van der Waals surface area contributed by atoms with E-state index < -0.39 is 15.2 Å². The standard InChI is InChI=1S/C23H36FN3O2SSi/c1-22(2,3)31(5,6)29-23(11-16-30-4)9-14-27(15-10-23)19-8-13-25-20-18(19)7-12-26-21(20)28-17-24/h7-8,12-13H,9-11,14-17H2,1-6H3. The number of hydrogen-bond acceptors (Lipinski definition) is 6. The van der Waals surface area contributed by atoms with Crippen molar-refractivity contribution in [2.75, 3.05) is 36.9 Å². The predicted octanol–water partition coefficient (Wildman–Crippen LogP) is 6.05. The number of ether oxygens (including phenoxy) is 1. The maximum atomic E-state index is 12.8. The first kappa shape index (κ1) is 24.3. The second-order valence-electron chi connectivity index (χ2n) is 9.87. The van der Waals surface area contributed by atoms with Crippen LogP contribution in [0.2, 0.25) is 18.1 Å². The molecule has 3 heterocycles. The number of aromatic nitrogens is 2. The summed E-state index contributed by atoms with van der Waals surface area (Å²) in [6.45, 7) is 12.6. The molecular weight excluding hydrogens is 429 g/mol. The molecule has 8 heteroatoms. The van der Waals surface area contributed by atoms with E-state index in [1.807, 2.05) is 23.9 Å². The number of alkyl halides is 1. The molecule has 31 heavy (non-hydrogen) atoms. The zero-order valence-electron chi connectivity index (χ0n) is 19.7. The molecule has 1 aliphatic rings. The number of fused-ring (bicyclic) bond motifs is 1. The molecule has 1 fully saturated rings. The molecule has 0 aliphatic carbocycles. The van der Waals surface area contributed by atoms with Gasteiger partial charge in [-0.25, -0.2) is 9.37 Å². The Balaban J connectivity index is 1.84. The van der Waals surface area contributed by atoms with E-state index in [0.29, 0.717) is 5.52 Å². The summed E-state index contributed by atoms with van der Waals surface area (Å²) in [7, 11) is -1.87. The van der Waals surface area contributed by atoms with Crippen LogP contribution in [0.25, 0.3) is 10.9 Å². The summed E-state index contributed by atoms with van der Waals surface area (Å²) in [4.78, 5) is 10.9. The number of hydrogen-bond donors (Lipinski definition) is 0. The molecule has 0 radical (unpaired) electrons. The molecule has 0 atom stereocenters. The van der Waals surface area contributed by atoms with Gasteiger partial charge in [0.2, 0.25) is 12.7 Å². The van der Waals surface area contributed by atoms with Gasteiger partial charge in [-0.15, -0.1) is 0 Å². The Morgan fingerprint density at radius 3 is 2.45 bits per heavy atom. The van der Waals surface area contributed by atoms with Crippen LogP contribution in [0.5, 0.6) is 5.88 Å². The van der Waals surface area contributed by atoms with Crippen molar-refractivity contribution in [1.82, 2.24) is 9.97 Å². The van der Waals surface area contributed by atoms with Crippen LogP contribution in [0.4, 0.5) is 10.1 Å². The number of anilines is 1. The van der Waals surface area contributed by atoms with Gasteiger partial charge >= 0.3 is 0 Å². The number of halogens is 1. The normalized spacial score (nSPS) is 17.2. The lowest BCUT2D eigenvalue weighted by Crippen LogP contribution is -2.54. The highest BCUT2D eigenvalue weighted by Crippen LogP contribution is 2.44. The first-order chi connectivity index (χ1) is 14.6. The lowest BCUT2D eigenvalue weighted by atomic mass is 9.88. The lowest BCUT2D eigenvalue weighted by Gasteiger charge is -2.49. The van der Waals surface area contributed by atoms with Gasteiger partial charge in [0.15, 0.2) is 8.32 Å². The van der Waals surface area contributed by atoms with E-state index in [-0.39, 0.29) is 16.5 Å². The van der Waals surface area contributed by atoms with Crippen molar-refractivity contribution in [3.05, 3.63) is 24.5 Å². The van der Waals surface area contributed by atoms with Gasteiger partial charge in [-0.3, -0.25) is 4.98 Å². The Kier molecular flexibility index (Phi) is 7.53. The molecule has 0 N–H and O–H groups in total. The molecule has 0 bridgehead atoms. The largest absolute Gasteiger partial charge is 0.444 e. The summed E-state index contributed by atoms with van der Waals surface area (Å²) in [5.41, 5.74) is 1.64. The molecule has 1 saturated heterocycles. The van der Waals surface area contributed by atoms with E-state index in [2.05, 4.69) is 55.0 Å². The topological polar surface area (TPSA) is 47.5 Å². The average molecular weight is 466 g/mol. The van der Waals surface area contributed by atoms with Crippen molar-refractivity contribution in [3.63, 3.8) is 0 Å². The van der Waals surface area contributed by atoms with Crippen molar-refractivity contribution in [3.8, 4) is 5.88 Å². The van der Waals surface area contributed by atoms with Crippen molar-refractivity contribution in [2.24, 2.45) is 0 Å². The van der Waals surface area contributed by atoms with E-state index in [9.17, 15) is 4.39 Å². The number of nitrogens with zero attached hydrogens (tertiary/aromatic N) is 3. The van der Waals surface area contributed by atoms with Gasteiger partial charge in [0.25, 0.3) is 0 Å². The Bertz CT molecular complexity index is 883. The first-order valence-corrected chi connectivity index (χ1v) is 15.3. The monoisotopic (exact) mass is 465 g/mol. The highest BCUT2D eigenvalue weighted by Gasteiger charge is 2.45. The molecule has 0 unspecified atom stereocenters. The highest BCUT2D eigenvalue weighted by atomic mass is 32.2. The molecular formula is C23H36FN3O2SSi. The number of rotatable bonds is 8. The molecule has 3 rings (SSSR count). The molecule has 0 spiro atoms. The zero-order chi connectivity index (χ0) is 22.7. The third-order valence-electron chi connectivity index (χ3n) is 6.85. The molecule has 172 valence electrons. The molecule has 1 aliphatic heterocycles. The second-order valence-corrected chi connectivity index (χ2v) is 15.6. The van der Waals surface area contributed by atoms with Gasteiger partial charge < -0.3 is 14.1 Å². The summed E-state index contributed by atoms with van der Waals surface area (Å²) in [5.74, 6) is 1.36. The van der Waals surface area contributed by atoms with Crippen molar-refractivity contribution >= 4 is 36.7 Å². The third-order valence-corrected chi connectivity index (χ3v) is 12.0. The molecule has 0 saturated carbocycles. The first-order valence-electron chi connectivity index (χ1n) is 11.0. The third kappa shape index (κ3) is 5.34. The summed E-state index contributed by atoms with van der Waals surface area (Å²) >= 11 is 1.89. The van der Waals surface area contributed by atoms with Crippen LogP contribution in [-0.4, -0.2) is 55.8 Å². The van der Waals surface area contributed by atoms with Gasteiger partial charge in [0.1, 0.15) is 5.52 Å². The fourth-order valence-electron chi connectivity index (χ4n) is 4.01. The van der Waals surface area contributed by atoms with Gasteiger partial charge in [0, 0.05) is 36.6 Å². The van der Waals surface area contributed by atoms with Crippen LogP contribution in [-0.2, 0) is 4.43 Å². The lowest BCUT2D eigenvalue weighted by molar-refractivity contribution is 0.0261. The van der Waals surface area contributed by atoms with Crippen LogP contribution < -0.4 is 9.64 Å². The molecule has 2 aromatic heterocycles. The zero-order valence-corrected chi connectivity index (χ0v) is 21.5. The maximum absolute atomic E-state index is 12.8. The predicted molar refractivity (Wildman–Crippen MR) is 132 cm³/mol. The van der Waals surface area contributed by atoms with E-state index in [1.165, 1.54) is 0 Å². The van der Waals surface area contributed by atoms with Crippen LogP contribution in [0.15, 0.2) is 24.5 Å². The average Bonchev–Trinajstić information content (AvgIpc) is 2.72. The fourth-order valence-corrected chi connectivity index (χ4v) is 6.28. The van der Waals surface area contributed by atoms with Crippen LogP contribution in [0.1, 0.15) is 40.0 Å². The van der Waals surface area contributed by atoms with Crippen LogP contribution in [0.3, 0.4) is 0 Å². The number of piperidine rings is 1. The summed E-state index contributed by atoms with van der Waals surface area (Å²) < 4.78 is 24.9. The minimum atomic E-state index is -1.87. The maximum Gasteiger partial charge on any atom is 0.242 e. The smallest absolute Gasteiger partial charge is 0.242 e. The minimum Gasteiger partial charge on any atom is -0.444 e. The quantitative estimate of drug-likeness (QED) is 0.442. The Labute approximate surface area is 191 Å². The molecule has 0 aromatic carbocycles. The van der Waals surface area contributed by atoms with Gasteiger partial charge in [-0.2, -0.15) is 11.8 Å². The van der Waals surface area contributed by atoms with Crippen molar-refractivity contribution < 1.29 is 13.6 Å². The Hall–Kier alpha value is -1.38. The number of pyridine rings is 2. The summed E-state index contributed by atoms with van der Waals surface area (Å²) in [5, 5.41) is 1.14. The van der Waals surface area contributed by atoms with Crippen molar-refractivity contribution in [1.29, 1.82) is 0 Å². The van der Waals surface area contributed by atoms with Gasteiger partial charge in [-0.1, -0.05) is 20.8 Å². The van der Waals surface area contributed by atoms with E-state index in [4.69, 9.17) is 9.16 Å². The minimum absolute atomic E-state index is 0.0601. The molecule has 5 nitrogen and oxygen atoms in total. The summed E-state index contributed by atoms with van der Waals surface area (Å²) in [6.07, 6.45) is 8.68. The fraction of sp³-hybridized carbons (Fsp3) is 0.652. The van der Waals surface area contributed by atoms with Gasteiger partial charge in [0.05, 0.1) is 5.60 Å². The SMILES string of the molecule is CSCCC1(O[Si](C)(C)C(C)(C)C)CCN(c2ccnc3c(OCF)nccc23)CC1. The van der Waals surface area contributed by atoms with Crippen LogP contribution >= 0.6 is 11.8 Å². The Morgan fingerprint density at radius 1 is 1.16 bits per heavy atom. The van der Waals surface area contributed by atoms with E-state index in [0.717, 1.165) is 49.2 Å². The van der Waals surface area contributed by atoms with Gasteiger partial charge in [-0.05, 0) is 61.5 Å². The van der Waals surface area contributed by atoms with E-state index in [1.54, 1.807) is 12.4 Å². The molecule has 0 amide bonds. The van der Waals surface area contributed by atoms with Crippen LogP contribution in [0, 0.1) is 0 Å². The Morgan fingerprint density at radius 2 is 1.84 bits per heavy atom.